The molecule has 0 saturated carbocycles. The van der Waals surface area contributed by atoms with Crippen LogP contribution in [0.25, 0.3) is 0 Å². The molecule has 0 aliphatic rings. The average Bonchev–Trinajstić information content (AvgIpc) is 2.81. The predicted octanol–water partition coefficient (Wildman–Crippen LogP) is 1.79. The van der Waals surface area contributed by atoms with Gasteiger partial charge in [-0.1, -0.05) is 6.92 Å². The van der Waals surface area contributed by atoms with Gasteiger partial charge >= 0.3 is 5.97 Å². The van der Waals surface area contributed by atoms with Crippen LogP contribution in [-0.2, 0) is 16.1 Å². The number of carbonyl (C=O) groups is 1. The van der Waals surface area contributed by atoms with E-state index in [1.54, 1.807) is 17.0 Å². The van der Waals surface area contributed by atoms with Gasteiger partial charge in [0.2, 0.25) is 0 Å². The first-order chi connectivity index (χ1) is 8.21. The van der Waals surface area contributed by atoms with E-state index in [0.29, 0.717) is 24.4 Å². The second-order valence-electron chi connectivity index (χ2n) is 3.42. The molecule has 5 heteroatoms. The Morgan fingerprint density at radius 1 is 1.53 bits per heavy atom. The van der Waals surface area contributed by atoms with Gasteiger partial charge in [-0.3, -0.25) is 4.68 Å². The van der Waals surface area contributed by atoms with E-state index in [-0.39, 0.29) is 5.97 Å². The minimum Gasteiger partial charge on any atom is -0.486 e. The summed E-state index contributed by atoms with van der Waals surface area (Å²) in [5, 5.41) is 4.08. The van der Waals surface area contributed by atoms with E-state index >= 15 is 0 Å². The normalized spacial score (nSPS) is 11.4. The van der Waals surface area contributed by atoms with Gasteiger partial charge < -0.3 is 9.47 Å². The fourth-order valence-corrected chi connectivity index (χ4v) is 1.33. The topological polar surface area (TPSA) is 53.4 Å². The Morgan fingerprint density at radius 2 is 2.29 bits per heavy atom. The summed E-state index contributed by atoms with van der Waals surface area (Å²) >= 11 is 0. The Morgan fingerprint density at radius 3 is 2.82 bits per heavy atom. The summed E-state index contributed by atoms with van der Waals surface area (Å²) in [4.78, 5) is 11.3. The molecule has 5 nitrogen and oxygen atoms in total. The smallest absolute Gasteiger partial charge is 0.333 e. The van der Waals surface area contributed by atoms with Gasteiger partial charge in [0.05, 0.1) is 19.5 Å². The molecule has 1 aromatic heterocycles. The molecule has 0 unspecified atom stereocenters. The number of aryl methyl sites for hydroxylation is 1. The first-order valence-corrected chi connectivity index (χ1v) is 5.63. The van der Waals surface area contributed by atoms with Crippen molar-refractivity contribution in [1.82, 2.24) is 9.78 Å². The summed E-state index contributed by atoms with van der Waals surface area (Å²) in [5.41, 5.74) is 0.621. The number of hydrogen-bond acceptors (Lipinski definition) is 4. The van der Waals surface area contributed by atoms with Gasteiger partial charge in [0.25, 0.3) is 0 Å². The monoisotopic (exact) mass is 238 g/mol. The Bertz CT molecular complexity index is 396. The fourth-order valence-electron chi connectivity index (χ4n) is 1.33. The summed E-state index contributed by atoms with van der Waals surface area (Å²) < 4.78 is 11.9. The van der Waals surface area contributed by atoms with Crippen LogP contribution in [0.1, 0.15) is 20.3 Å². The van der Waals surface area contributed by atoms with Crippen molar-refractivity contribution in [2.24, 2.45) is 0 Å². The van der Waals surface area contributed by atoms with Gasteiger partial charge in [-0.05, 0) is 19.4 Å². The molecule has 17 heavy (non-hydrogen) atoms. The quantitative estimate of drug-likeness (QED) is 0.560. The summed E-state index contributed by atoms with van der Waals surface area (Å²) in [6.45, 7) is 5.05. The second-order valence-corrected chi connectivity index (χ2v) is 3.42. The van der Waals surface area contributed by atoms with Crippen LogP contribution < -0.4 is 4.74 Å². The molecule has 0 radical (unpaired) electrons. The van der Waals surface area contributed by atoms with E-state index in [2.05, 4.69) is 9.84 Å². The average molecular weight is 238 g/mol. The Labute approximate surface area is 101 Å². The van der Waals surface area contributed by atoms with Crippen LogP contribution in [0.3, 0.4) is 0 Å². The molecule has 1 aromatic rings. The highest BCUT2D eigenvalue weighted by Gasteiger charge is 2.06. The van der Waals surface area contributed by atoms with Crippen LogP contribution in [0, 0.1) is 0 Å². The van der Waals surface area contributed by atoms with Crippen molar-refractivity contribution >= 4 is 5.97 Å². The molecule has 0 N–H and O–H groups in total. The molecule has 1 rings (SSSR count). The fraction of sp³-hybridized carbons (Fsp3) is 0.500. The first kappa shape index (κ1) is 13.3. The van der Waals surface area contributed by atoms with E-state index in [4.69, 9.17) is 4.74 Å². The van der Waals surface area contributed by atoms with E-state index < -0.39 is 0 Å². The molecule has 0 aliphatic carbocycles. The van der Waals surface area contributed by atoms with E-state index in [0.717, 1.165) is 6.54 Å². The van der Waals surface area contributed by atoms with Gasteiger partial charge in [-0.25, -0.2) is 4.79 Å². The number of carbonyl (C=O) groups excluding carboxylic acids is 1. The number of aromatic nitrogens is 2. The number of hydrogen-bond donors (Lipinski definition) is 0. The van der Waals surface area contributed by atoms with Crippen molar-refractivity contribution in [2.75, 3.05) is 13.7 Å². The molecular formula is C12H18N2O3. The molecule has 1 heterocycles. The summed E-state index contributed by atoms with van der Waals surface area (Å²) in [7, 11) is 1.37. The molecule has 0 fully saturated rings. The van der Waals surface area contributed by atoms with Crippen LogP contribution >= 0.6 is 0 Å². The first-order valence-electron chi connectivity index (χ1n) is 5.63. The third kappa shape index (κ3) is 3.94. The summed E-state index contributed by atoms with van der Waals surface area (Å²) in [5.74, 6) is 0.392. The molecule has 0 atom stereocenters. The maximum Gasteiger partial charge on any atom is 0.333 e. The Balaban J connectivity index is 2.49. The van der Waals surface area contributed by atoms with E-state index in [1.807, 2.05) is 20.0 Å². The molecular weight excluding hydrogens is 220 g/mol. The van der Waals surface area contributed by atoms with Gasteiger partial charge in [-0.15, -0.1) is 0 Å². The molecule has 0 aliphatic heterocycles. The van der Waals surface area contributed by atoms with Gasteiger partial charge in [-0.2, -0.15) is 5.10 Å². The largest absolute Gasteiger partial charge is 0.486 e. The van der Waals surface area contributed by atoms with Crippen LogP contribution in [0.15, 0.2) is 24.0 Å². The van der Waals surface area contributed by atoms with Crippen molar-refractivity contribution < 1.29 is 14.3 Å². The highest BCUT2D eigenvalue weighted by Crippen LogP contribution is 2.09. The number of ether oxygens (including phenoxy) is 2. The minimum absolute atomic E-state index is 0.305. The lowest BCUT2D eigenvalue weighted by Crippen LogP contribution is -2.06. The molecule has 0 saturated heterocycles. The van der Waals surface area contributed by atoms with E-state index in [9.17, 15) is 4.79 Å². The van der Waals surface area contributed by atoms with E-state index in [1.165, 1.54) is 7.11 Å². The third-order valence-electron chi connectivity index (χ3n) is 2.34. The second kappa shape index (κ2) is 6.73. The van der Waals surface area contributed by atoms with Gasteiger partial charge in [0.1, 0.15) is 6.61 Å². The van der Waals surface area contributed by atoms with Crippen molar-refractivity contribution in [3.05, 3.63) is 24.0 Å². The van der Waals surface area contributed by atoms with Crippen LogP contribution in [-0.4, -0.2) is 29.5 Å². The molecule has 94 valence electrons. The molecule has 0 amide bonds. The van der Waals surface area contributed by atoms with Crippen LogP contribution in [0.5, 0.6) is 5.75 Å². The van der Waals surface area contributed by atoms with Crippen molar-refractivity contribution in [2.45, 2.75) is 26.8 Å². The van der Waals surface area contributed by atoms with Crippen molar-refractivity contribution in [3.8, 4) is 5.75 Å². The van der Waals surface area contributed by atoms with Crippen molar-refractivity contribution in [1.29, 1.82) is 0 Å². The zero-order valence-corrected chi connectivity index (χ0v) is 10.5. The third-order valence-corrected chi connectivity index (χ3v) is 2.34. The predicted molar refractivity (Wildman–Crippen MR) is 63.8 cm³/mol. The van der Waals surface area contributed by atoms with Crippen LogP contribution in [0.4, 0.5) is 0 Å². The number of nitrogens with zero attached hydrogens (tertiary/aromatic N) is 2. The highest BCUT2D eigenvalue weighted by atomic mass is 16.5. The van der Waals surface area contributed by atoms with Crippen molar-refractivity contribution in [3.63, 3.8) is 0 Å². The lowest BCUT2D eigenvalue weighted by molar-refractivity contribution is -0.136. The maximum absolute atomic E-state index is 11.3. The molecule has 0 aromatic carbocycles. The number of methoxy groups -OCH3 is 1. The summed E-state index contributed by atoms with van der Waals surface area (Å²) in [6.07, 6.45) is 5.83. The van der Waals surface area contributed by atoms with Gasteiger partial charge in [0, 0.05) is 12.1 Å². The SMILES string of the molecule is CCC(=CCOc1cnn(CC)c1)C(=O)OC. The number of rotatable bonds is 6. The molecule has 0 spiro atoms. The maximum atomic E-state index is 11.3. The Hall–Kier alpha value is -1.78. The summed E-state index contributed by atoms with van der Waals surface area (Å²) in [6, 6.07) is 0. The lowest BCUT2D eigenvalue weighted by atomic mass is 10.2. The zero-order valence-electron chi connectivity index (χ0n) is 10.5. The minimum atomic E-state index is -0.305. The zero-order chi connectivity index (χ0) is 12.7. The van der Waals surface area contributed by atoms with Crippen LogP contribution in [0.2, 0.25) is 0 Å². The standard InChI is InChI=1S/C12H18N2O3/c1-4-10(12(15)16-3)6-7-17-11-8-13-14(5-2)9-11/h6,8-9H,4-5,7H2,1-3H3. The highest BCUT2D eigenvalue weighted by molar-refractivity contribution is 5.88. The Kier molecular flexibility index (Phi) is 5.26. The lowest BCUT2D eigenvalue weighted by Gasteiger charge is -2.03. The molecule has 0 bridgehead atoms. The van der Waals surface area contributed by atoms with Gasteiger partial charge in [0.15, 0.2) is 5.75 Å². The number of esters is 1.